The van der Waals surface area contributed by atoms with Crippen LogP contribution in [0.1, 0.15) is 264 Å². The first kappa shape index (κ1) is 64.8. The highest BCUT2D eigenvalue weighted by Crippen LogP contribution is 2.25. The molecule has 69 heavy (non-hydrogen) atoms. The molecule has 1 fully saturated rings. The zero-order chi connectivity index (χ0) is 50.1. The van der Waals surface area contributed by atoms with Gasteiger partial charge in [0, 0.05) is 57.4 Å². The van der Waals surface area contributed by atoms with Gasteiger partial charge in [-0.25, -0.2) is 0 Å². The summed E-state index contributed by atoms with van der Waals surface area (Å²) >= 11 is 0. The van der Waals surface area contributed by atoms with E-state index >= 15 is 0 Å². The average molecular weight is 973 g/mol. The van der Waals surface area contributed by atoms with Crippen LogP contribution < -0.4 is 5.32 Å². The SMILES string of the molecule is C=CCCCCCCCCC(=O)OCC(CCCCN(CCN(CCO)CCCCCC(=O)NCC(CCCCCC)CCCCCCCC)C1CCCC1)COC(=O)CCCCCCCCC=C. The maximum atomic E-state index is 12.9. The van der Waals surface area contributed by atoms with Crippen LogP contribution >= 0.6 is 0 Å². The smallest absolute Gasteiger partial charge is 0.305 e. The Hall–Kier alpha value is -2.23. The van der Waals surface area contributed by atoms with Crippen molar-refractivity contribution < 1.29 is 29.0 Å². The lowest BCUT2D eigenvalue weighted by atomic mass is 9.94. The van der Waals surface area contributed by atoms with E-state index in [1.807, 2.05) is 12.2 Å². The summed E-state index contributed by atoms with van der Waals surface area (Å²) in [5.41, 5.74) is 0. The summed E-state index contributed by atoms with van der Waals surface area (Å²) in [6.07, 6.45) is 47.5. The molecule has 0 aromatic carbocycles. The zero-order valence-corrected chi connectivity index (χ0v) is 45.6. The summed E-state index contributed by atoms with van der Waals surface area (Å²) in [6.45, 7) is 18.4. The average Bonchev–Trinajstić information content (AvgIpc) is 3.90. The van der Waals surface area contributed by atoms with Crippen LogP contribution in [-0.4, -0.2) is 97.9 Å². The van der Waals surface area contributed by atoms with Crippen molar-refractivity contribution in [2.24, 2.45) is 11.8 Å². The van der Waals surface area contributed by atoms with Gasteiger partial charge in [-0.05, 0) is 109 Å². The minimum absolute atomic E-state index is 0.00538. The second-order valence-corrected chi connectivity index (χ2v) is 21.1. The number of aliphatic hydroxyl groups is 1. The van der Waals surface area contributed by atoms with Crippen LogP contribution in [0.15, 0.2) is 25.3 Å². The molecule has 0 aromatic rings. The highest BCUT2D eigenvalue weighted by atomic mass is 16.5. The van der Waals surface area contributed by atoms with E-state index in [-0.39, 0.29) is 30.4 Å². The lowest BCUT2D eigenvalue weighted by Gasteiger charge is -2.32. The number of nitrogens with zero attached hydrogens (tertiary/aromatic N) is 2. The Morgan fingerprint density at radius 1 is 0.536 bits per heavy atom. The van der Waals surface area contributed by atoms with Crippen molar-refractivity contribution in [2.75, 3.05) is 59.1 Å². The van der Waals surface area contributed by atoms with Gasteiger partial charge in [0.15, 0.2) is 0 Å². The molecule has 0 aliphatic heterocycles. The summed E-state index contributed by atoms with van der Waals surface area (Å²) in [7, 11) is 0. The molecule has 1 aliphatic rings. The largest absolute Gasteiger partial charge is 0.465 e. The van der Waals surface area contributed by atoms with E-state index in [4.69, 9.17) is 9.47 Å². The second kappa shape index (κ2) is 49.4. The van der Waals surface area contributed by atoms with E-state index < -0.39 is 0 Å². The molecule has 0 saturated heterocycles. The quantitative estimate of drug-likeness (QED) is 0.0352. The van der Waals surface area contributed by atoms with Gasteiger partial charge in [-0.15, -0.1) is 13.2 Å². The van der Waals surface area contributed by atoms with Crippen molar-refractivity contribution >= 4 is 17.8 Å². The van der Waals surface area contributed by atoms with E-state index in [2.05, 4.69) is 42.1 Å². The number of aliphatic hydroxyl groups excluding tert-OH is 1. The minimum Gasteiger partial charge on any atom is -0.465 e. The number of hydrogen-bond donors (Lipinski definition) is 2. The molecule has 1 rings (SSSR count). The molecule has 1 saturated carbocycles. The standard InChI is InChI=1S/C60H113N3O6/c1-5-9-13-17-20-22-25-31-44-59(66)68-53-56(54-69-60(67)45-32-26-23-21-18-14-10-6-2)40-35-37-47-63(57-41-33-34-42-57)49-48-62(50-51-64)46-36-27-30-43-58(65)61-52-55(38-28-16-12-8-4)39-29-24-19-15-11-7-3/h5-6,55-57,64H,1-2,7-54H2,3-4H3,(H,61,65). The van der Waals surface area contributed by atoms with Gasteiger partial charge in [-0.2, -0.15) is 0 Å². The Labute approximate surface area is 426 Å². The molecule has 1 amide bonds. The molecule has 1 unspecified atom stereocenters. The summed E-state index contributed by atoms with van der Waals surface area (Å²) in [6, 6.07) is 0.609. The summed E-state index contributed by atoms with van der Waals surface area (Å²) in [4.78, 5) is 43.5. The van der Waals surface area contributed by atoms with Gasteiger partial charge in [-0.3, -0.25) is 24.2 Å². The fourth-order valence-corrected chi connectivity index (χ4v) is 10.1. The topological polar surface area (TPSA) is 108 Å². The number of amides is 1. The van der Waals surface area contributed by atoms with Crippen LogP contribution in [-0.2, 0) is 23.9 Å². The van der Waals surface area contributed by atoms with Crippen LogP contribution in [0.5, 0.6) is 0 Å². The van der Waals surface area contributed by atoms with Crippen molar-refractivity contribution in [2.45, 2.75) is 270 Å². The van der Waals surface area contributed by atoms with E-state index in [9.17, 15) is 19.5 Å². The molecule has 0 bridgehead atoms. The maximum absolute atomic E-state index is 12.9. The molecule has 0 heterocycles. The molecule has 9 nitrogen and oxygen atoms in total. The highest BCUT2D eigenvalue weighted by Gasteiger charge is 2.23. The van der Waals surface area contributed by atoms with Gasteiger partial charge in [0.2, 0.25) is 5.91 Å². The van der Waals surface area contributed by atoms with Crippen LogP contribution in [0.3, 0.4) is 0 Å². The molecule has 404 valence electrons. The highest BCUT2D eigenvalue weighted by molar-refractivity contribution is 5.75. The molecular weight excluding hydrogens is 859 g/mol. The van der Waals surface area contributed by atoms with E-state index in [0.717, 1.165) is 123 Å². The number of carbonyl (C=O) groups excluding carboxylic acids is 3. The van der Waals surface area contributed by atoms with Crippen LogP contribution in [0.25, 0.3) is 0 Å². The summed E-state index contributed by atoms with van der Waals surface area (Å²) in [5.74, 6) is 0.552. The van der Waals surface area contributed by atoms with Crippen LogP contribution in [0.4, 0.5) is 0 Å². The number of ether oxygens (including phenoxy) is 2. The fourth-order valence-electron chi connectivity index (χ4n) is 10.1. The molecule has 0 aromatic heterocycles. The van der Waals surface area contributed by atoms with Crippen molar-refractivity contribution in [1.82, 2.24) is 15.1 Å². The Bertz CT molecular complexity index is 1150. The van der Waals surface area contributed by atoms with Gasteiger partial charge in [0.25, 0.3) is 0 Å². The van der Waals surface area contributed by atoms with Gasteiger partial charge < -0.3 is 19.9 Å². The molecule has 0 radical (unpaired) electrons. The summed E-state index contributed by atoms with van der Waals surface area (Å²) in [5, 5.41) is 13.3. The normalized spacial score (nSPS) is 13.4. The predicted octanol–water partition coefficient (Wildman–Crippen LogP) is 15.0. The third-order valence-corrected chi connectivity index (χ3v) is 14.7. The molecule has 1 aliphatic carbocycles. The number of hydrogen-bond acceptors (Lipinski definition) is 8. The van der Waals surface area contributed by atoms with Gasteiger partial charge in [0.1, 0.15) is 0 Å². The monoisotopic (exact) mass is 972 g/mol. The van der Waals surface area contributed by atoms with E-state index in [1.54, 1.807) is 0 Å². The molecular formula is C60H113N3O6. The second-order valence-electron chi connectivity index (χ2n) is 21.1. The molecule has 0 spiro atoms. The fraction of sp³-hybridized carbons (Fsp3) is 0.883. The number of carbonyl (C=O) groups is 3. The minimum atomic E-state index is -0.137. The lowest BCUT2D eigenvalue weighted by molar-refractivity contribution is -0.149. The molecule has 9 heteroatoms. The number of unbranched alkanes of at least 4 members (excludes halogenated alkanes) is 23. The maximum Gasteiger partial charge on any atom is 0.305 e. The van der Waals surface area contributed by atoms with Gasteiger partial charge >= 0.3 is 11.9 Å². The lowest BCUT2D eigenvalue weighted by Crippen LogP contribution is -2.41. The predicted molar refractivity (Wildman–Crippen MR) is 293 cm³/mol. The first-order valence-electron chi connectivity index (χ1n) is 29.7. The number of esters is 2. The Balaban J connectivity index is 2.59. The molecule has 2 N–H and O–H groups in total. The van der Waals surface area contributed by atoms with Crippen molar-refractivity contribution in [3.05, 3.63) is 25.3 Å². The molecule has 1 atom stereocenters. The zero-order valence-electron chi connectivity index (χ0n) is 45.6. The van der Waals surface area contributed by atoms with E-state index in [1.165, 1.54) is 141 Å². The summed E-state index contributed by atoms with van der Waals surface area (Å²) < 4.78 is 11.6. The first-order valence-corrected chi connectivity index (χ1v) is 29.7. The van der Waals surface area contributed by atoms with Crippen molar-refractivity contribution in [3.63, 3.8) is 0 Å². The van der Waals surface area contributed by atoms with Gasteiger partial charge in [-0.1, -0.05) is 167 Å². The Morgan fingerprint density at radius 2 is 0.986 bits per heavy atom. The number of nitrogens with one attached hydrogen (secondary N) is 1. The van der Waals surface area contributed by atoms with Crippen LogP contribution in [0.2, 0.25) is 0 Å². The van der Waals surface area contributed by atoms with E-state index in [0.29, 0.717) is 51.0 Å². The van der Waals surface area contributed by atoms with Crippen LogP contribution in [0, 0.1) is 11.8 Å². The first-order chi connectivity index (χ1) is 33.9. The van der Waals surface area contributed by atoms with Crippen molar-refractivity contribution in [1.29, 1.82) is 0 Å². The van der Waals surface area contributed by atoms with Gasteiger partial charge in [0.05, 0.1) is 19.8 Å². The number of allylic oxidation sites excluding steroid dienone is 2. The third-order valence-electron chi connectivity index (χ3n) is 14.7. The Morgan fingerprint density at radius 3 is 1.54 bits per heavy atom. The Kier molecular flexibility index (Phi) is 46.3. The number of rotatable bonds is 53. The third kappa shape index (κ3) is 41.0. The van der Waals surface area contributed by atoms with Crippen molar-refractivity contribution in [3.8, 4) is 0 Å².